The van der Waals surface area contributed by atoms with Gasteiger partial charge in [-0.05, 0) is 37.0 Å². The smallest absolute Gasteiger partial charge is 0.254 e. The van der Waals surface area contributed by atoms with Crippen molar-refractivity contribution in [2.24, 2.45) is 7.05 Å². The highest BCUT2D eigenvalue weighted by molar-refractivity contribution is 5.93. The highest BCUT2D eigenvalue weighted by Crippen LogP contribution is 2.14. The number of rotatable bonds is 6. The van der Waals surface area contributed by atoms with Gasteiger partial charge in [-0.1, -0.05) is 12.1 Å². The average Bonchev–Trinajstić information content (AvgIpc) is 3.08. The fraction of sp³-hybridized carbons (Fsp3) is 0.474. The van der Waals surface area contributed by atoms with Crippen LogP contribution in [-0.4, -0.2) is 53.4 Å². The zero-order chi connectivity index (χ0) is 17.6. The van der Waals surface area contributed by atoms with E-state index in [1.807, 2.05) is 19.2 Å². The minimum absolute atomic E-state index is 0.0233. The molecule has 0 bridgehead atoms. The Morgan fingerprint density at radius 3 is 2.60 bits per heavy atom. The lowest BCUT2D eigenvalue weighted by molar-refractivity contribution is 0.0911. The van der Waals surface area contributed by atoms with Crippen molar-refractivity contribution in [3.63, 3.8) is 0 Å². The van der Waals surface area contributed by atoms with Crippen molar-refractivity contribution in [2.75, 3.05) is 26.7 Å². The van der Waals surface area contributed by atoms with E-state index in [0.29, 0.717) is 5.56 Å². The Balaban J connectivity index is 1.40. The van der Waals surface area contributed by atoms with Crippen LogP contribution in [0.25, 0.3) is 0 Å². The molecule has 0 atom stereocenters. The Hall–Kier alpha value is -2.34. The van der Waals surface area contributed by atoms with Gasteiger partial charge in [-0.25, -0.2) is 0 Å². The molecule has 6 heteroatoms. The molecule has 1 aromatic heterocycles. The summed E-state index contributed by atoms with van der Waals surface area (Å²) in [6.07, 6.45) is 6.39. The van der Waals surface area contributed by atoms with Gasteiger partial charge in [0.1, 0.15) is 5.75 Å². The van der Waals surface area contributed by atoms with Crippen molar-refractivity contribution in [3.05, 3.63) is 47.8 Å². The summed E-state index contributed by atoms with van der Waals surface area (Å²) < 4.78 is 6.84. The van der Waals surface area contributed by atoms with Gasteiger partial charge in [-0.15, -0.1) is 0 Å². The largest absolute Gasteiger partial charge is 0.497 e. The Bertz CT molecular complexity index is 688. The third kappa shape index (κ3) is 4.82. The normalized spacial score (nSPS) is 15.9. The van der Waals surface area contributed by atoms with E-state index in [1.54, 1.807) is 24.2 Å². The molecule has 1 aromatic carbocycles. The number of hydrogen-bond donors (Lipinski definition) is 1. The molecule has 25 heavy (non-hydrogen) atoms. The predicted molar refractivity (Wildman–Crippen MR) is 96.8 cm³/mol. The maximum absolute atomic E-state index is 12.2. The quantitative estimate of drug-likeness (QED) is 0.871. The molecular formula is C19H26N4O2. The van der Waals surface area contributed by atoms with Gasteiger partial charge in [0.25, 0.3) is 5.91 Å². The first-order valence-corrected chi connectivity index (χ1v) is 8.79. The minimum Gasteiger partial charge on any atom is -0.497 e. The first-order chi connectivity index (χ1) is 12.1. The number of nitrogens with one attached hydrogen (secondary N) is 1. The number of likely N-dealkylation sites (tertiary alicyclic amines) is 1. The standard InChI is InChI=1S/C19H26N4O2/c1-22-14-16(13-20-22)19(24)21-17-8-11-23(12-9-17)10-7-15-3-5-18(25-2)6-4-15/h3-6,13-14,17H,7-12H2,1-2H3,(H,21,24). The molecule has 1 aliphatic heterocycles. The summed E-state index contributed by atoms with van der Waals surface area (Å²) in [5.74, 6) is 0.874. The van der Waals surface area contributed by atoms with E-state index in [1.165, 1.54) is 5.56 Å². The number of hydrogen-bond acceptors (Lipinski definition) is 4. The number of piperidine rings is 1. The van der Waals surface area contributed by atoms with Gasteiger partial charge in [0.15, 0.2) is 0 Å². The Morgan fingerprint density at radius 1 is 1.28 bits per heavy atom. The molecule has 2 aromatic rings. The van der Waals surface area contributed by atoms with Crippen LogP contribution >= 0.6 is 0 Å². The fourth-order valence-corrected chi connectivity index (χ4v) is 3.19. The summed E-state index contributed by atoms with van der Waals surface area (Å²) >= 11 is 0. The van der Waals surface area contributed by atoms with Crippen molar-refractivity contribution in [1.29, 1.82) is 0 Å². The minimum atomic E-state index is -0.0233. The maximum Gasteiger partial charge on any atom is 0.254 e. The summed E-state index contributed by atoms with van der Waals surface area (Å²) in [5, 5.41) is 7.17. The molecule has 3 rings (SSSR count). The van der Waals surface area contributed by atoms with Gasteiger partial charge in [-0.3, -0.25) is 9.48 Å². The van der Waals surface area contributed by atoms with Gasteiger partial charge in [0.05, 0.1) is 18.9 Å². The van der Waals surface area contributed by atoms with Crippen LogP contribution in [0.3, 0.4) is 0 Å². The number of ether oxygens (including phenoxy) is 1. The number of nitrogens with zero attached hydrogens (tertiary/aromatic N) is 3. The number of amides is 1. The van der Waals surface area contributed by atoms with Crippen LogP contribution < -0.4 is 10.1 Å². The van der Waals surface area contributed by atoms with Gasteiger partial charge in [-0.2, -0.15) is 5.10 Å². The number of carbonyl (C=O) groups is 1. The number of aromatic nitrogens is 2. The second kappa shape index (κ2) is 8.16. The monoisotopic (exact) mass is 342 g/mol. The highest BCUT2D eigenvalue weighted by atomic mass is 16.5. The number of methoxy groups -OCH3 is 1. The van der Waals surface area contributed by atoms with Crippen molar-refractivity contribution in [2.45, 2.75) is 25.3 Å². The van der Waals surface area contributed by atoms with Crippen molar-refractivity contribution >= 4 is 5.91 Å². The number of aryl methyl sites for hydroxylation is 1. The van der Waals surface area contributed by atoms with Crippen molar-refractivity contribution in [1.82, 2.24) is 20.0 Å². The lowest BCUT2D eigenvalue weighted by Gasteiger charge is -2.32. The van der Waals surface area contributed by atoms with Gasteiger partial charge in [0, 0.05) is 38.9 Å². The molecule has 1 fully saturated rings. The Kier molecular flexibility index (Phi) is 5.71. The van der Waals surface area contributed by atoms with Gasteiger partial charge >= 0.3 is 0 Å². The number of benzene rings is 1. The molecule has 0 unspecified atom stereocenters. The number of carbonyl (C=O) groups excluding carboxylic acids is 1. The van der Waals surface area contributed by atoms with Crippen LogP contribution in [0.1, 0.15) is 28.8 Å². The first kappa shape index (κ1) is 17.5. The van der Waals surface area contributed by atoms with Crippen LogP contribution in [0.15, 0.2) is 36.7 Å². The van der Waals surface area contributed by atoms with Crippen molar-refractivity contribution < 1.29 is 9.53 Å². The Labute approximate surface area is 148 Å². The van der Waals surface area contributed by atoms with Gasteiger partial charge in [0.2, 0.25) is 0 Å². The van der Waals surface area contributed by atoms with E-state index < -0.39 is 0 Å². The second-order valence-corrected chi connectivity index (χ2v) is 6.59. The van der Waals surface area contributed by atoms with E-state index in [-0.39, 0.29) is 11.9 Å². The SMILES string of the molecule is COc1ccc(CCN2CCC(NC(=O)c3cnn(C)c3)CC2)cc1. The molecule has 1 saturated heterocycles. The summed E-state index contributed by atoms with van der Waals surface area (Å²) in [6.45, 7) is 3.10. The summed E-state index contributed by atoms with van der Waals surface area (Å²) in [5.41, 5.74) is 1.96. The third-order valence-corrected chi connectivity index (χ3v) is 4.77. The highest BCUT2D eigenvalue weighted by Gasteiger charge is 2.21. The third-order valence-electron chi connectivity index (χ3n) is 4.77. The summed E-state index contributed by atoms with van der Waals surface area (Å²) in [6, 6.07) is 8.52. The molecule has 0 spiro atoms. The van der Waals surface area contributed by atoms with Crippen LogP contribution in [-0.2, 0) is 13.5 Å². The zero-order valence-electron chi connectivity index (χ0n) is 14.9. The molecule has 0 saturated carbocycles. The van der Waals surface area contributed by atoms with Crippen molar-refractivity contribution in [3.8, 4) is 5.75 Å². The summed E-state index contributed by atoms with van der Waals surface area (Å²) in [7, 11) is 3.50. The topological polar surface area (TPSA) is 59.4 Å². The molecular weight excluding hydrogens is 316 g/mol. The molecule has 6 nitrogen and oxygen atoms in total. The molecule has 0 aliphatic carbocycles. The first-order valence-electron chi connectivity index (χ1n) is 8.79. The summed E-state index contributed by atoms with van der Waals surface area (Å²) in [4.78, 5) is 14.7. The fourth-order valence-electron chi connectivity index (χ4n) is 3.19. The lowest BCUT2D eigenvalue weighted by atomic mass is 10.0. The van der Waals surface area contributed by atoms with E-state index in [9.17, 15) is 4.79 Å². The predicted octanol–water partition coefficient (Wildman–Crippen LogP) is 1.87. The molecule has 0 radical (unpaired) electrons. The van der Waals surface area contributed by atoms with Crippen LogP contribution in [0.2, 0.25) is 0 Å². The van der Waals surface area contributed by atoms with E-state index in [0.717, 1.165) is 44.6 Å². The van der Waals surface area contributed by atoms with Gasteiger partial charge < -0.3 is 15.0 Å². The molecule has 134 valence electrons. The Morgan fingerprint density at radius 2 is 2.00 bits per heavy atom. The molecule has 1 N–H and O–H groups in total. The average molecular weight is 342 g/mol. The van der Waals surface area contributed by atoms with Crippen LogP contribution in [0.4, 0.5) is 0 Å². The maximum atomic E-state index is 12.2. The molecule has 1 amide bonds. The zero-order valence-corrected chi connectivity index (χ0v) is 14.9. The molecule has 2 heterocycles. The lowest BCUT2D eigenvalue weighted by Crippen LogP contribution is -2.45. The van der Waals surface area contributed by atoms with E-state index >= 15 is 0 Å². The molecule has 1 aliphatic rings. The second-order valence-electron chi connectivity index (χ2n) is 6.59. The van der Waals surface area contributed by atoms with Crippen LogP contribution in [0.5, 0.6) is 5.75 Å². The van der Waals surface area contributed by atoms with Crippen LogP contribution in [0, 0.1) is 0 Å². The van der Waals surface area contributed by atoms with E-state index in [4.69, 9.17) is 4.74 Å². The van der Waals surface area contributed by atoms with E-state index in [2.05, 4.69) is 27.4 Å².